The highest BCUT2D eigenvalue weighted by atomic mass is 16.6. The van der Waals surface area contributed by atoms with Crippen LogP contribution in [0.5, 0.6) is 0 Å². The average Bonchev–Trinajstić information content (AvgIpc) is 2.47. The summed E-state index contributed by atoms with van der Waals surface area (Å²) in [5, 5.41) is 14.3. The van der Waals surface area contributed by atoms with Crippen molar-refractivity contribution in [2.24, 2.45) is 0 Å². The summed E-state index contributed by atoms with van der Waals surface area (Å²) in [4.78, 5) is 10.6. The zero-order valence-corrected chi connectivity index (χ0v) is 11.5. The molecule has 0 saturated heterocycles. The van der Waals surface area contributed by atoms with E-state index in [4.69, 9.17) is 0 Å². The van der Waals surface area contributed by atoms with Gasteiger partial charge < -0.3 is 5.32 Å². The molecule has 0 atom stereocenters. The lowest BCUT2D eigenvalue weighted by Gasteiger charge is -2.11. The fourth-order valence-corrected chi connectivity index (χ4v) is 2.21. The predicted octanol–water partition coefficient (Wildman–Crippen LogP) is 4.16. The number of nitrogens with zero attached hydrogens (tertiary/aromatic N) is 1. The van der Waals surface area contributed by atoms with Crippen LogP contribution in [-0.2, 0) is 13.0 Å². The molecule has 4 heteroatoms. The highest BCUT2D eigenvalue weighted by molar-refractivity contribution is 5.52. The van der Waals surface area contributed by atoms with E-state index in [1.54, 1.807) is 12.1 Å². The molecule has 0 aliphatic rings. The summed E-state index contributed by atoms with van der Waals surface area (Å²) < 4.78 is 0. The quantitative estimate of drug-likeness (QED) is 0.633. The third kappa shape index (κ3) is 3.35. The Hall–Kier alpha value is -2.36. The van der Waals surface area contributed by atoms with E-state index in [-0.39, 0.29) is 10.6 Å². The van der Waals surface area contributed by atoms with Crippen LogP contribution in [-0.4, -0.2) is 4.92 Å². The zero-order chi connectivity index (χ0) is 14.4. The summed E-state index contributed by atoms with van der Waals surface area (Å²) in [7, 11) is 0. The standard InChI is InChI=1S/C16H18N2O2/c1-2-7-13-8-3-5-10-15(13)17-12-14-9-4-6-11-16(14)18(19)20/h3-6,8-11,17H,2,7,12H2,1H3. The van der Waals surface area contributed by atoms with Gasteiger partial charge in [0, 0.05) is 23.9 Å². The summed E-state index contributed by atoms with van der Waals surface area (Å²) in [6.07, 6.45) is 2.07. The first-order valence-corrected chi connectivity index (χ1v) is 6.76. The average molecular weight is 270 g/mol. The van der Waals surface area contributed by atoms with Gasteiger partial charge in [-0.2, -0.15) is 0 Å². The molecule has 0 bridgehead atoms. The Morgan fingerprint density at radius 1 is 1.05 bits per heavy atom. The van der Waals surface area contributed by atoms with Crippen molar-refractivity contribution < 1.29 is 4.92 Å². The maximum atomic E-state index is 11.0. The molecule has 2 aromatic rings. The number of anilines is 1. The van der Waals surface area contributed by atoms with Crippen molar-refractivity contribution in [1.29, 1.82) is 0 Å². The molecule has 0 amide bonds. The molecule has 0 saturated carbocycles. The smallest absolute Gasteiger partial charge is 0.274 e. The van der Waals surface area contributed by atoms with E-state index in [0.29, 0.717) is 12.1 Å². The Bertz CT molecular complexity index is 597. The van der Waals surface area contributed by atoms with Gasteiger partial charge in [0.05, 0.1) is 4.92 Å². The van der Waals surface area contributed by atoms with E-state index in [9.17, 15) is 10.1 Å². The maximum Gasteiger partial charge on any atom is 0.274 e. The highest BCUT2D eigenvalue weighted by Gasteiger charge is 2.12. The Balaban J connectivity index is 2.15. The molecule has 2 rings (SSSR count). The number of nitro benzene ring substituents is 1. The summed E-state index contributed by atoms with van der Waals surface area (Å²) >= 11 is 0. The van der Waals surface area contributed by atoms with Gasteiger partial charge in [0.15, 0.2) is 0 Å². The van der Waals surface area contributed by atoms with Crippen molar-refractivity contribution in [2.45, 2.75) is 26.3 Å². The van der Waals surface area contributed by atoms with Crippen molar-refractivity contribution in [3.63, 3.8) is 0 Å². The minimum absolute atomic E-state index is 0.160. The van der Waals surface area contributed by atoms with Crippen LogP contribution in [0.1, 0.15) is 24.5 Å². The van der Waals surface area contributed by atoms with Crippen molar-refractivity contribution in [1.82, 2.24) is 0 Å². The van der Waals surface area contributed by atoms with Crippen LogP contribution >= 0.6 is 0 Å². The summed E-state index contributed by atoms with van der Waals surface area (Å²) in [5.41, 5.74) is 3.15. The molecule has 0 heterocycles. The Morgan fingerprint density at radius 3 is 2.40 bits per heavy atom. The van der Waals surface area contributed by atoms with Crippen LogP contribution in [0.15, 0.2) is 48.5 Å². The molecule has 2 aromatic carbocycles. The zero-order valence-electron chi connectivity index (χ0n) is 11.5. The van der Waals surface area contributed by atoms with Crippen LogP contribution in [0.4, 0.5) is 11.4 Å². The summed E-state index contributed by atoms with van der Waals surface area (Å²) in [6.45, 7) is 2.59. The van der Waals surface area contributed by atoms with Crippen LogP contribution in [0, 0.1) is 10.1 Å². The fraction of sp³-hybridized carbons (Fsp3) is 0.250. The number of rotatable bonds is 6. The molecule has 0 unspecified atom stereocenters. The molecule has 0 aliphatic carbocycles. The van der Waals surface area contributed by atoms with Gasteiger partial charge in [0.1, 0.15) is 0 Å². The molecule has 1 N–H and O–H groups in total. The van der Waals surface area contributed by atoms with E-state index in [0.717, 1.165) is 18.5 Å². The SMILES string of the molecule is CCCc1ccccc1NCc1ccccc1[N+](=O)[O-]. The van der Waals surface area contributed by atoms with Crippen molar-refractivity contribution in [3.8, 4) is 0 Å². The third-order valence-electron chi connectivity index (χ3n) is 3.19. The Labute approximate surface area is 118 Å². The van der Waals surface area contributed by atoms with Crippen LogP contribution in [0.2, 0.25) is 0 Å². The number of hydrogen-bond acceptors (Lipinski definition) is 3. The van der Waals surface area contributed by atoms with Gasteiger partial charge in [-0.1, -0.05) is 49.7 Å². The van der Waals surface area contributed by atoms with Crippen LogP contribution < -0.4 is 5.32 Å². The molecule has 0 aliphatic heterocycles. The molecule has 0 fully saturated rings. The minimum atomic E-state index is -0.338. The number of aryl methyl sites for hydroxylation is 1. The molecule has 0 spiro atoms. The number of nitrogens with one attached hydrogen (secondary N) is 1. The molecule has 0 radical (unpaired) electrons. The summed E-state index contributed by atoms with van der Waals surface area (Å²) in [5.74, 6) is 0. The number of benzene rings is 2. The second kappa shape index (κ2) is 6.70. The van der Waals surface area contributed by atoms with E-state index < -0.39 is 0 Å². The number of para-hydroxylation sites is 2. The highest BCUT2D eigenvalue weighted by Crippen LogP contribution is 2.21. The molecular weight excluding hydrogens is 252 g/mol. The molecule has 0 aromatic heterocycles. The molecular formula is C16H18N2O2. The first-order valence-electron chi connectivity index (χ1n) is 6.76. The number of nitro groups is 1. The normalized spacial score (nSPS) is 10.2. The molecule has 20 heavy (non-hydrogen) atoms. The van der Waals surface area contributed by atoms with Gasteiger partial charge >= 0.3 is 0 Å². The van der Waals surface area contributed by atoms with Crippen molar-refractivity contribution in [3.05, 3.63) is 69.8 Å². The minimum Gasteiger partial charge on any atom is -0.380 e. The maximum absolute atomic E-state index is 11.0. The third-order valence-corrected chi connectivity index (χ3v) is 3.19. The second-order valence-electron chi connectivity index (χ2n) is 4.65. The Kier molecular flexibility index (Phi) is 4.71. The van der Waals surface area contributed by atoms with E-state index >= 15 is 0 Å². The lowest BCUT2D eigenvalue weighted by atomic mass is 10.1. The first kappa shape index (κ1) is 14.1. The lowest BCUT2D eigenvalue weighted by molar-refractivity contribution is -0.385. The van der Waals surface area contributed by atoms with Gasteiger partial charge in [0.2, 0.25) is 0 Å². The van der Waals surface area contributed by atoms with Gasteiger partial charge in [-0.05, 0) is 18.1 Å². The molecule has 4 nitrogen and oxygen atoms in total. The van der Waals surface area contributed by atoms with Gasteiger partial charge in [0.25, 0.3) is 5.69 Å². The van der Waals surface area contributed by atoms with Crippen LogP contribution in [0.25, 0.3) is 0 Å². The van der Waals surface area contributed by atoms with E-state index in [1.807, 2.05) is 24.3 Å². The summed E-state index contributed by atoms with van der Waals surface area (Å²) in [6, 6.07) is 14.9. The lowest BCUT2D eigenvalue weighted by Crippen LogP contribution is -2.04. The van der Waals surface area contributed by atoms with Gasteiger partial charge in [-0.25, -0.2) is 0 Å². The van der Waals surface area contributed by atoms with Crippen LogP contribution in [0.3, 0.4) is 0 Å². The van der Waals surface area contributed by atoms with Gasteiger partial charge in [-0.15, -0.1) is 0 Å². The van der Waals surface area contributed by atoms with Crippen molar-refractivity contribution in [2.75, 3.05) is 5.32 Å². The first-order chi connectivity index (χ1) is 9.72. The van der Waals surface area contributed by atoms with Gasteiger partial charge in [-0.3, -0.25) is 10.1 Å². The number of hydrogen-bond donors (Lipinski definition) is 1. The van der Waals surface area contributed by atoms with E-state index in [2.05, 4.69) is 18.3 Å². The largest absolute Gasteiger partial charge is 0.380 e. The van der Waals surface area contributed by atoms with E-state index in [1.165, 1.54) is 11.6 Å². The topological polar surface area (TPSA) is 55.2 Å². The molecule has 104 valence electrons. The Morgan fingerprint density at radius 2 is 1.70 bits per heavy atom. The fourth-order valence-electron chi connectivity index (χ4n) is 2.21. The monoisotopic (exact) mass is 270 g/mol. The second-order valence-corrected chi connectivity index (χ2v) is 4.65. The predicted molar refractivity (Wildman–Crippen MR) is 80.9 cm³/mol. The van der Waals surface area contributed by atoms with Crippen molar-refractivity contribution >= 4 is 11.4 Å².